The third-order valence-corrected chi connectivity index (χ3v) is 4.68. The molecule has 0 spiro atoms. The number of nitrogens with zero attached hydrogens (tertiary/aromatic N) is 2. The second-order valence-corrected chi connectivity index (χ2v) is 6.39. The van der Waals surface area contributed by atoms with Gasteiger partial charge in [0, 0.05) is 30.5 Å². The third kappa shape index (κ3) is 3.59. The van der Waals surface area contributed by atoms with Gasteiger partial charge in [-0.1, -0.05) is 6.07 Å². The number of hydrogen-bond acceptors (Lipinski definition) is 4. The van der Waals surface area contributed by atoms with Gasteiger partial charge in [0.2, 0.25) is 0 Å². The van der Waals surface area contributed by atoms with E-state index in [-0.39, 0.29) is 11.8 Å². The van der Waals surface area contributed by atoms with Crippen LogP contribution in [-0.4, -0.2) is 41.0 Å². The summed E-state index contributed by atoms with van der Waals surface area (Å²) < 4.78 is 0. The van der Waals surface area contributed by atoms with Crippen LogP contribution < -0.4 is 5.32 Å². The van der Waals surface area contributed by atoms with Crippen LogP contribution in [0, 0.1) is 0 Å². The lowest BCUT2D eigenvalue weighted by atomic mass is 10.1. The van der Waals surface area contributed by atoms with Crippen molar-refractivity contribution in [2.75, 3.05) is 24.7 Å². The molecule has 24 heavy (non-hydrogen) atoms. The number of rotatable bonds is 4. The lowest BCUT2D eigenvalue weighted by Gasteiger charge is -2.16. The van der Waals surface area contributed by atoms with E-state index in [0.717, 1.165) is 25.9 Å². The number of nitrogens with one attached hydrogen (secondary N) is 1. The zero-order valence-electron chi connectivity index (χ0n) is 13.5. The normalized spacial score (nSPS) is 13.8. The Morgan fingerprint density at radius 2 is 1.96 bits per heavy atom. The van der Waals surface area contributed by atoms with Gasteiger partial charge in [-0.25, -0.2) is 4.98 Å². The standard InChI is InChI=1S/C18H19N3O2S/c1-24-17-15(8-5-9-19-17)16(22)20-14-7-4-6-13(12-14)18(23)21-10-2-3-11-21/h4-9,12H,2-3,10-11H2,1H3,(H,20,22). The Hall–Kier alpha value is -2.34. The molecule has 1 N–H and O–H groups in total. The summed E-state index contributed by atoms with van der Waals surface area (Å²) in [6.07, 6.45) is 5.66. The number of likely N-dealkylation sites (tertiary alicyclic amines) is 1. The predicted octanol–water partition coefficient (Wildman–Crippen LogP) is 3.29. The Kier molecular flexibility index (Phi) is 5.15. The lowest BCUT2D eigenvalue weighted by Crippen LogP contribution is -2.27. The molecule has 2 amide bonds. The van der Waals surface area contributed by atoms with E-state index in [1.54, 1.807) is 42.6 Å². The van der Waals surface area contributed by atoms with Gasteiger partial charge in [-0.05, 0) is 49.4 Å². The van der Waals surface area contributed by atoms with Gasteiger partial charge in [0.15, 0.2) is 0 Å². The predicted molar refractivity (Wildman–Crippen MR) is 95.6 cm³/mol. The zero-order valence-corrected chi connectivity index (χ0v) is 14.3. The quantitative estimate of drug-likeness (QED) is 0.867. The fourth-order valence-electron chi connectivity index (χ4n) is 2.76. The Morgan fingerprint density at radius 1 is 1.17 bits per heavy atom. The first-order valence-electron chi connectivity index (χ1n) is 7.89. The lowest BCUT2D eigenvalue weighted by molar-refractivity contribution is 0.0792. The maximum atomic E-state index is 12.5. The molecule has 0 bridgehead atoms. The van der Waals surface area contributed by atoms with Gasteiger partial charge in [-0.2, -0.15) is 0 Å². The van der Waals surface area contributed by atoms with Crippen molar-refractivity contribution >= 4 is 29.3 Å². The number of amides is 2. The molecule has 1 aromatic carbocycles. The van der Waals surface area contributed by atoms with Crippen molar-refractivity contribution in [1.29, 1.82) is 0 Å². The number of thioether (sulfide) groups is 1. The van der Waals surface area contributed by atoms with Gasteiger partial charge in [0.25, 0.3) is 11.8 Å². The fourth-order valence-corrected chi connectivity index (χ4v) is 3.30. The van der Waals surface area contributed by atoms with E-state index in [0.29, 0.717) is 21.8 Å². The molecular formula is C18H19N3O2S. The topological polar surface area (TPSA) is 62.3 Å². The maximum absolute atomic E-state index is 12.5. The highest BCUT2D eigenvalue weighted by molar-refractivity contribution is 7.98. The SMILES string of the molecule is CSc1ncccc1C(=O)Nc1cccc(C(=O)N2CCCC2)c1. The average molecular weight is 341 g/mol. The van der Waals surface area contributed by atoms with Crippen molar-refractivity contribution in [3.63, 3.8) is 0 Å². The van der Waals surface area contributed by atoms with Crippen molar-refractivity contribution in [3.05, 3.63) is 53.7 Å². The molecule has 1 saturated heterocycles. The second-order valence-electron chi connectivity index (χ2n) is 5.59. The summed E-state index contributed by atoms with van der Waals surface area (Å²) in [5.74, 6) is -0.201. The van der Waals surface area contributed by atoms with Crippen molar-refractivity contribution < 1.29 is 9.59 Å². The minimum atomic E-state index is -0.224. The summed E-state index contributed by atoms with van der Waals surface area (Å²) in [6.45, 7) is 1.62. The van der Waals surface area contributed by atoms with Crippen molar-refractivity contribution in [2.45, 2.75) is 17.9 Å². The average Bonchev–Trinajstić information content (AvgIpc) is 3.16. The summed E-state index contributed by atoms with van der Waals surface area (Å²) in [6, 6.07) is 10.6. The number of anilines is 1. The molecule has 0 radical (unpaired) electrons. The van der Waals surface area contributed by atoms with Crippen LogP contribution in [-0.2, 0) is 0 Å². The van der Waals surface area contributed by atoms with Crippen LogP contribution in [0.4, 0.5) is 5.69 Å². The molecule has 1 fully saturated rings. The van der Waals surface area contributed by atoms with E-state index in [1.807, 2.05) is 11.2 Å². The summed E-state index contributed by atoms with van der Waals surface area (Å²) in [5.41, 5.74) is 1.74. The molecule has 124 valence electrons. The van der Waals surface area contributed by atoms with E-state index in [2.05, 4.69) is 10.3 Å². The van der Waals surface area contributed by atoms with Gasteiger partial charge in [-0.15, -0.1) is 11.8 Å². The van der Waals surface area contributed by atoms with Crippen molar-refractivity contribution in [1.82, 2.24) is 9.88 Å². The van der Waals surface area contributed by atoms with Crippen LogP contribution in [0.25, 0.3) is 0 Å². The van der Waals surface area contributed by atoms with E-state index in [1.165, 1.54) is 11.8 Å². The highest BCUT2D eigenvalue weighted by Gasteiger charge is 2.20. The summed E-state index contributed by atoms with van der Waals surface area (Å²) in [5, 5.41) is 3.54. The Morgan fingerprint density at radius 3 is 2.71 bits per heavy atom. The van der Waals surface area contributed by atoms with Crippen LogP contribution in [0.5, 0.6) is 0 Å². The van der Waals surface area contributed by atoms with Crippen LogP contribution in [0.1, 0.15) is 33.6 Å². The summed E-state index contributed by atoms with van der Waals surface area (Å²) >= 11 is 1.43. The number of hydrogen-bond donors (Lipinski definition) is 1. The smallest absolute Gasteiger partial charge is 0.258 e. The Labute approximate surface area is 145 Å². The van der Waals surface area contributed by atoms with E-state index in [4.69, 9.17) is 0 Å². The highest BCUT2D eigenvalue weighted by Crippen LogP contribution is 2.20. The van der Waals surface area contributed by atoms with Gasteiger partial charge >= 0.3 is 0 Å². The minimum Gasteiger partial charge on any atom is -0.339 e. The van der Waals surface area contributed by atoms with Gasteiger partial charge in [0.1, 0.15) is 5.03 Å². The molecule has 0 saturated carbocycles. The van der Waals surface area contributed by atoms with Crippen LogP contribution in [0.2, 0.25) is 0 Å². The summed E-state index contributed by atoms with van der Waals surface area (Å²) in [7, 11) is 0. The summed E-state index contributed by atoms with van der Waals surface area (Å²) in [4.78, 5) is 31.0. The van der Waals surface area contributed by atoms with E-state index in [9.17, 15) is 9.59 Å². The van der Waals surface area contributed by atoms with E-state index < -0.39 is 0 Å². The van der Waals surface area contributed by atoms with Crippen LogP contribution >= 0.6 is 11.8 Å². The zero-order chi connectivity index (χ0) is 16.9. The molecule has 3 rings (SSSR count). The highest BCUT2D eigenvalue weighted by atomic mass is 32.2. The van der Waals surface area contributed by atoms with Crippen LogP contribution in [0.15, 0.2) is 47.6 Å². The molecule has 0 atom stereocenters. The van der Waals surface area contributed by atoms with Gasteiger partial charge in [-0.3, -0.25) is 9.59 Å². The first-order chi connectivity index (χ1) is 11.7. The molecule has 1 aliphatic rings. The maximum Gasteiger partial charge on any atom is 0.258 e. The first-order valence-corrected chi connectivity index (χ1v) is 9.11. The number of carbonyl (C=O) groups excluding carboxylic acids is 2. The molecule has 6 heteroatoms. The first kappa shape index (κ1) is 16.5. The molecule has 2 aromatic rings. The Balaban J connectivity index is 1.77. The van der Waals surface area contributed by atoms with E-state index >= 15 is 0 Å². The minimum absolute atomic E-state index is 0.0229. The molecule has 1 aliphatic heterocycles. The third-order valence-electron chi connectivity index (χ3n) is 3.97. The Bertz CT molecular complexity index is 757. The number of pyridine rings is 1. The monoisotopic (exact) mass is 341 g/mol. The molecule has 2 heterocycles. The number of aromatic nitrogens is 1. The molecule has 1 aromatic heterocycles. The largest absolute Gasteiger partial charge is 0.339 e. The second kappa shape index (κ2) is 7.49. The number of carbonyl (C=O) groups is 2. The molecular weight excluding hydrogens is 322 g/mol. The molecule has 5 nitrogen and oxygen atoms in total. The van der Waals surface area contributed by atoms with Crippen molar-refractivity contribution in [3.8, 4) is 0 Å². The van der Waals surface area contributed by atoms with Gasteiger partial charge < -0.3 is 10.2 Å². The number of benzene rings is 1. The molecule has 0 aliphatic carbocycles. The van der Waals surface area contributed by atoms with Crippen LogP contribution in [0.3, 0.4) is 0 Å². The molecule has 0 unspecified atom stereocenters. The van der Waals surface area contributed by atoms with Crippen molar-refractivity contribution in [2.24, 2.45) is 0 Å². The fraction of sp³-hybridized carbons (Fsp3) is 0.278. The van der Waals surface area contributed by atoms with Gasteiger partial charge in [0.05, 0.1) is 5.56 Å².